The first-order valence-electron chi connectivity index (χ1n) is 6.01. The summed E-state index contributed by atoms with van der Waals surface area (Å²) in [6.07, 6.45) is 1.74. The topological polar surface area (TPSA) is 80.5 Å². The third-order valence-electron chi connectivity index (χ3n) is 3.17. The third-order valence-corrected chi connectivity index (χ3v) is 3.17. The molecule has 6 heteroatoms. The van der Waals surface area contributed by atoms with E-state index in [1.54, 1.807) is 23.1 Å². The number of nitrogens with one attached hydrogen (secondary N) is 1. The van der Waals surface area contributed by atoms with E-state index < -0.39 is 0 Å². The summed E-state index contributed by atoms with van der Waals surface area (Å²) in [6, 6.07) is 5.39. The highest BCUT2D eigenvalue weighted by Gasteiger charge is 2.24. The molecular formula is C12H18N4O2. The van der Waals surface area contributed by atoms with Gasteiger partial charge in [0.1, 0.15) is 11.5 Å². The summed E-state index contributed by atoms with van der Waals surface area (Å²) in [5, 5.41) is 0. The highest BCUT2D eigenvalue weighted by Crippen LogP contribution is 2.15. The van der Waals surface area contributed by atoms with Gasteiger partial charge in [-0.3, -0.25) is 4.79 Å². The second-order valence-corrected chi connectivity index (χ2v) is 4.31. The van der Waals surface area contributed by atoms with E-state index in [0.29, 0.717) is 24.7 Å². The lowest BCUT2D eigenvalue weighted by atomic mass is 10.1. The first-order valence-corrected chi connectivity index (χ1v) is 6.01. The number of nitrogens with two attached hydrogens (primary N) is 1. The van der Waals surface area contributed by atoms with Crippen molar-refractivity contribution in [2.75, 3.05) is 25.7 Å². The fourth-order valence-corrected chi connectivity index (χ4v) is 2.05. The largest absolute Gasteiger partial charge is 0.381 e. The van der Waals surface area contributed by atoms with Gasteiger partial charge >= 0.3 is 0 Å². The van der Waals surface area contributed by atoms with Crippen LogP contribution in [0.5, 0.6) is 0 Å². The van der Waals surface area contributed by atoms with E-state index in [2.05, 4.69) is 10.4 Å². The molecule has 0 spiro atoms. The van der Waals surface area contributed by atoms with Gasteiger partial charge in [0.15, 0.2) is 0 Å². The molecule has 0 radical (unpaired) electrons. The molecule has 1 amide bonds. The number of anilines is 1. The Hall–Kier alpha value is -1.66. The number of nitrogens with zero attached hydrogens (tertiary/aromatic N) is 2. The number of hydrogen-bond acceptors (Lipinski definition) is 5. The van der Waals surface area contributed by atoms with E-state index in [4.69, 9.17) is 10.6 Å². The second kappa shape index (κ2) is 5.79. The first-order chi connectivity index (χ1) is 8.72. The molecule has 0 aliphatic carbocycles. The molecule has 1 fully saturated rings. The summed E-state index contributed by atoms with van der Waals surface area (Å²) >= 11 is 0. The van der Waals surface area contributed by atoms with Gasteiger partial charge in [-0.2, -0.15) is 0 Å². The fraction of sp³-hybridized carbons (Fsp3) is 0.500. The Bertz CT molecular complexity index is 418. The van der Waals surface area contributed by atoms with E-state index in [1.807, 2.05) is 7.05 Å². The van der Waals surface area contributed by atoms with Gasteiger partial charge in [0.2, 0.25) is 0 Å². The van der Waals surface area contributed by atoms with Crippen molar-refractivity contribution in [1.82, 2.24) is 9.88 Å². The van der Waals surface area contributed by atoms with Crippen LogP contribution in [0.3, 0.4) is 0 Å². The molecule has 3 N–H and O–H groups in total. The molecule has 2 rings (SSSR count). The molecule has 2 heterocycles. The number of carbonyl (C=O) groups is 1. The van der Waals surface area contributed by atoms with E-state index in [-0.39, 0.29) is 11.9 Å². The maximum atomic E-state index is 12.3. The second-order valence-electron chi connectivity index (χ2n) is 4.31. The maximum absolute atomic E-state index is 12.3. The molecule has 0 aromatic carbocycles. The molecule has 98 valence electrons. The van der Waals surface area contributed by atoms with E-state index in [1.165, 1.54) is 0 Å². The Labute approximate surface area is 106 Å². The van der Waals surface area contributed by atoms with Crippen LogP contribution < -0.4 is 11.3 Å². The van der Waals surface area contributed by atoms with Crippen molar-refractivity contribution in [3.05, 3.63) is 23.9 Å². The van der Waals surface area contributed by atoms with Gasteiger partial charge < -0.3 is 15.1 Å². The molecule has 1 saturated heterocycles. The Morgan fingerprint density at radius 2 is 2.22 bits per heavy atom. The Kier molecular flexibility index (Phi) is 4.11. The lowest BCUT2D eigenvalue weighted by molar-refractivity contribution is 0.0359. The van der Waals surface area contributed by atoms with Crippen LogP contribution in [0.4, 0.5) is 5.82 Å². The predicted octanol–water partition coefficient (Wildman–Crippen LogP) is 0.618. The average molecular weight is 250 g/mol. The zero-order valence-corrected chi connectivity index (χ0v) is 10.4. The summed E-state index contributed by atoms with van der Waals surface area (Å²) in [4.78, 5) is 18.2. The van der Waals surface area contributed by atoms with E-state index >= 15 is 0 Å². The number of amides is 1. The summed E-state index contributed by atoms with van der Waals surface area (Å²) in [5.41, 5.74) is 2.84. The molecule has 1 aromatic rings. The first kappa shape index (κ1) is 12.8. The summed E-state index contributed by atoms with van der Waals surface area (Å²) < 4.78 is 5.29. The molecule has 0 atom stereocenters. The van der Waals surface area contributed by atoms with Gasteiger partial charge in [-0.05, 0) is 25.0 Å². The monoisotopic (exact) mass is 250 g/mol. The zero-order valence-electron chi connectivity index (χ0n) is 10.4. The molecule has 0 unspecified atom stereocenters. The number of rotatable bonds is 3. The Morgan fingerprint density at radius 1 is 1.50 bits per heavy atom. The number of ether oxygens (including phenoxy) is 1. The number of aromatic nitrogens is 1. The van der Waals surface area contributed by atoms with E-state index in [0.717, 1.165) is 12.8 Å². The van der Waals surface area contributed by atoms with Crippen LogP contribution >= 0.6 is 0 Å². The molecule has 0 bridgehead atoms. The predicted molar refractivity (Wildman–Crippen MR) is 68.0 cm³/mol. The standard InChI is InChI=1S/C12H18N4O2/c1-16(9-5-7-18-8-6-9)12(17)10-3-2-4-11(14-10)15-13/h2-4,9H,5-8,13H2,1H3,(H,14,15). The van der Waals surface area contributed by atoms with Crippen LogP contribution in [0, 0.1) is 0 Å². The van der Waals surface area contributed by atoms with Crippen LogP contribution in [0.25, 0.3) is 0 Å². The number of pyridine rings is 1. The van der Waals surface area contributed by atoms with Crippen LogP contribution in [0.15, 0.2) is 18.2 Å². The molecule has 1 aromatic heterocycles. The SMILES string of the molecule is CN(C(=O)c1cccc(NN)n1)C1CCOCC1. The number of nitrogen functional groups attached to an aromatic ring is 1. The lowest BCUT2D eigenvalue weighted by Gasteiger charge is -2.31. The minimum Gasteiger partial charge on any atom is -0.381 e. The minimum absolute atomic E-state index is 0.0843. The number of hydrazine groups is 1. The smallest absolute Gasteiger partial charge is 0.272 e. The Morgan fingerprint density at radius 3 is 2.89 bits per heavy atom. The van der Waals surface area contributed by atoms with Crippen LogP contribution in [0.1, 0.15) is 23.3 Å². The minimum atomic E-state index is -0.0843. The quantitative estimate of drug-likeness (QED) is 0.607. The van der Waals surface area contributed by atoms with Crippen molar-refractivity contribution in [3.63, 3.8) is 0 Å². The third kappa shape index (κ3) is 2.77. The van der Waals surface area contributed by atoms with Gasteiger partial charge in [0.05, 0.1) is 0 Å². The molecule has 1 aliphatic rings. The number of hydrogen-bond donors (Lipinski definition) is 2. The van der Waals surface area contributed by atoms with Crippen molar-refractivity contribution >= 4 is 11.7 Å². The molecular weight excluding hydrogens is 232 g/mol. The molecule has 1 aliphatic heterocycles. The van der Waals surface area contributed by atoms with Crippen molar-refractivity contribution in [2.45, 2.75) is 18.9 Å². The highest BCUT2D eigenvalue weighted by molar-refractivity contribution is 5.92. The van der Waals surface area contributed by atoms with Gasteiger partial charge in [0, 0.05) is 26.3 Å². The van der Waals surface area contributed by atoms with Crippen LogP contribution in [-0.2, 0) is 4.74 Å². The van der Waals surface area contributed by atoms with Crippen LogP contribution in [-0.4, -0.2) is 42.1 Å². The zero-order chi connectivity index (χ0) is 13.0. The van der Waals surface area contributed by atoms with Crippen molar-refractivity contribution in [2.24, 2.45) is 5.84 Å². The fourth-order valence-electron chi connectivity index (χ4n) is 2.05. The van der Waals surface area contributed by atoms with Gasteiger partial charge in [-0.25, -0.2) is 10.8 Å². The van der Waals surface area contributed by atoms with E-state index in [9.17, 15) is 4.79 Å². The molecule has 6 nitrogen and oxygen atoms in total. The van der Waals surface area contributed by atoms with Gasteiger partial charge in [0.25, 0.3) is 5.91 Å². The van der Waals surface area contributed by atoms with Gasteiger partial charge in [-0.1, -0.05) is 6.07 Å². The summed E-state index contributed by atoms with van der Waals surface area (Å²) in [5.74, 6) is 5.69. The Balaban J connectivity index is 2.09. The van der Waals surface area contributed by atoms with Crippen molar-refractivity contribution in [1.29, 1.82) is 0 Å². The summed E-state index contributed by atoms with van der Waals surface area (Å²) in [6.45, 7) is 1.42. The normalized spacial score (nSPS) is 16.3. The van der Waals surface area contributed by atoms with Crippen molar-refractivity contribution in [3.8, 4) is 0 Å². The molecule has 0 saturated carbocycles. The number of carbonyl (C=O) groups excluding carboxylic acids is 1. The lowest BCUT2D eigenvalue weighted by Crippen LogP contribution is -2.41. The van der Waals surface area contributed by atoms with Crippen LogP contribution in [0.2, 0.25) is 0 Å². The summed E-state index contributed by atoms with van der Waals surface area (Å²) in [7, 11) is 1.81. The van der Waals surface area contributed by atoms with Crippen molar-refractivity contribution < 1.29 is 9.53 Å². The van der Waals surface area contributed by atoms with Gasteiger partial charge in [-0.15, -0.1) is 0 Å². The maximum Gasteiger partial charge on any atom is 0.272 e. The highest BCUT2D eigenvalue weighted by atomic mass is 16.5. The molecule has 18 heavy (non-hydrogen) atoms. The average Bonchev–Trinajstić information content (AvgIpc) is 2.46.